The number of carbonyl (C=O) groups excluding carboxylic acids is 2. The van der Waals surface area contributed by atoms with Crippen LogP contribution in [0.2, 0.25) is 0 Å². The zero-order chi connectivity index (χ0) is 17.4. The molecule has 0 aliphatic rings. The molecule has 7 nitrogen and oxygen atoms in total. The molecule has 0 bridgehead atoms. The van der Waals surface area contributed by atoms with E-state index < -0.39 is 0 Å². The Bertz CT molecular complexity index is 1110. The Balaban J connectivity index is 1.62. The van der Waals surface area contributed by atoms with Crippen molar-refractivity contribution in [3.63, 3.8) is 0 Å². The SMILES string of the molecule is CC(=O)Nc1nc2ccc(NC(=O)c3cccc4cn[nH]c34)cc2s1. The van der Waals surface area contributed by atoms with E-state index in [4.69, 9.17) is 0 Å². The number of hydrogen-bond donors (Lipinski definition) is 3. The molecule has 2 aromatic carbocycles. The second-order valence-corrected chi connectivity index (χ2v) is 6.51. The Labute approximate surface area is 146 Å². The third kappa shape index (κ3) is 2.94. The summed E-state index contributed by atoms with van der Waals surface area (Å²) in [5.41, 5.74) is 2.65. The Morgan fingerprint density at radius 2 is 2.04 bits per heavy atom. The largest absolute Gasteiger partial charge is 0.322 e. The van der Waals surface area contributed by atoms with Crippen molar-refractivity contribution in [1.82, 2.24) is 15.2 Å². The monoisotopic (exact) mass is 351 g/mol. The molecule has 0 unspecified atom stereocenters. The van der Waals surface area contributed by atoms with Gasteiger partial charge in [0, 0.05) is 18.0 Å². The van der Waals surface area contributed by atoms with Gasteiger partial charge in [0.1, 0.15) is 0 Å². The summed E-state index contributed by atoms with van der Waals surface area (Å²) in [6.07, 6.45) is 1.68. The molecule has 4 aromatic rings. The van der Waals surface area contributed by atoms with Crippen LogP contribution in [0.5, 0.6) is 0 Å². The van der Waals surface area contributed by atoms with Gasteiger partial charge >= 0.3 is 0 Å². The maximum Gasteiger partial charge on any atom is 0.257 e. The number of thiazole rings is 1. The Hall–Kier alpha value is -3.26. The minimum absolute atomic E-state index is 0.166. The summed E-state index contributed by atoms with van der Waals surface area (Å²) >= 11 is 1.36. The van der Waals surface area contributed by atoms with E-state index in [0.29, 0.717) is 21.9 Å². The number of aromatic amines is 1. The fourth-order valence-corrected chi connectivity index (χ4v) is 3.51. The summed E-state index contributed by atoms with van der Waals surface area (Å²) in [6, 6.07) is 10.9. The number of amides is 2. The van der Waals surface area contributed by atoms with Crippen LogP contribution in [0.15, 0.2) is 42.6 Å². The van der Waals surface area contributed by atoms with Crippen molar-refractivity contribution >= 4 is 55.1 Å². The van der Waals surface area contributed by atoms with E-state index in [0.717, 1.165) is 15.6 Å². The molecule has 0 aliphatic carbocycles. The summed E-state index contributed by atoms with van der Waals surface area (Å²) in [5, 5.41) is 13.8. The lowest BCUT2D eigenvalue weighted by Crippen LogP contribution is -2.12. The van der Waals surface area contributed by atoms with Crippen LogP contribution in [0, 0.1) is 0 Å². The molecule has 0 saturated heterocycles. The van der Waals surface area contributed by atoms with Gasteiger partial charge in [0.15, 0.2) is 5.13 Å². The van der Waals surface area contributed by atoms with E-state index >= 15 is 0 Å². The van der Waals surface area contributed by atoms with Crippen molar-refractivity contribution < 1.29 is 9.59 Å². The number of nitrogens with one attached hydrogen (secondary N) is 3. The zero-order valence-corrected chi connectivity index (χ0v) is 14.0. The van der Waals surface area contributed by atoms with E-state index in [-0.39, 0.29) is 11.8 Å². The van der Waals surface area contributed by atoms with E-state index in [1.54, 1.807) is 18.3 Å². The molecular formula is C17H13N5O2S. The number of para-hydroxylation sites is 1. The summed E-state index contributed by atoms with van der Waals surface area (Å²) < 4.78 is 0.876. The molecule has 3 N–H and O–H groups in total. The topological polar surface area (TPSA) is 99.8 Å². The van der Waals surface area contributed by atoms with Gasteiger partial charge < -0.3 is 10.6 Å². The molecule has 0 aliphatic heterocycles. The summed E-state index contributed by atoms with van der Waals surface area (Å²) in [5.74, 6) is -0.388. The van der Waals surface area contributed by atoms with Gasteiger partial charge in [0.2, 0.25) is 5.91 Å². The Kier molecular flexibility index (Phi) is 3.66. The smallest absolute Gasteiger partial charge is 0.257 e. The lowest BCUT2D eigenvalue weighted by Gasteiger charge is -2.06. The normalized spacial score (nSPS) is 10.9. The van der Waals surface area contributed by atoms with Crippen LogP contribution in [0.25, 0.3) is 21.1 Å². The van der Waals surface area contributed by atoms with Gasteiger partial charge in [-0.05, 0) is 24.3 Å². The molecule has 2 heterocycles. The summed E-state index contributed by atoms with van der Waals surface area (Å²) in [7, 11) is 0. The first-order valence-electron chi connectivity index (χ1n) is 7.52. The predicted molar refractivity (Wildman–Crippen MR) is 98.0 cm³/mol. The first-order valence-corrected chi connectivity index (χ1v) is 8.33. The minimum Gasteiger partial charge on any atom is -0.322 e. The average Bonchev–Trinajstić information content (AvgIpc) is 3.19. The van der Waals surface area contributed by atoms with E-state index in [2.05, 4.69) is 25.8 Å². The molecule has 0 atom stereocenters. The molecule has 0 saturated carbocycles. The number of rotatable bonds is 3. The predicted octanol–water partition coefficient (Wildman–Crippen LogP) is 3.38. The molecular weight excluding hydrogens is 338 g/mol. The van der Waals surface area contributed by atoms with Crippen LogP contribution in [-0.4, -0.2) is 27.0 Å². The zero-order valence-electron chi connectivity index (χ0n) is 13.2. The number of anilines is 2. The van der Waals surface area contributed by atoms with Crippen molar-refractivity contribution in [2.24, 2.45) is 0 Å². The first kappa shape index (κ1) is 15.3. The number of fused-ring (bicyclic) bond motifs is 2. The standard InChI is InChI=1S/C17H13N5O2S/c1-9(23)19-17-21-13-6-5-11(7-14(13)25-17)20-16(24)12-4-2-3-10-8-18-22-15(10)12/h2-8H,1H3,(H,18,22)(H,20,24)(H,19,21,23). The molecule has 25 heavy (non-hydrogen) atoms. The highest BCUT2D eigenvalue weighted by Crippen LogP contribution is 2.28. The summed E-state index contributed by atoms with van der Waals surface area (Å²) in [6.45, 7) is 1.44. The molecule has 8 heteroatoms. The van der Waals surface area contributed by atoms with Gasteiger partial charge in [0.25, 0.3) is 5.91 Å². The van der Waals surface area contributed by atoms with Crippen LogP contribution >= 0.6 is 11.3 Å². The second-order valence-electron chi connectivity index (χ2n) is 5.48. The maximum atomic E-state index is 12.6. The highest BCUT2D eigenvalue weighted by Gasteiger charge is 2.12. The fourth-order valence-electron chi connectivity index (χ4n) is 2.56. The highest BCUT2D eigenvalue weighted by atomic mass is 32.1. The Morgan fingerprint density at radius 1 is 1.16 bits per heavy atom. The molecule has 124 valence electrons. The number of nitrogens with zero attached hydrogens (tertiary/aromatic N) is 2. The van der Waals surface area contributed by atoms with Crippen LogP contribution in [0.3, 0.4) is 0 Å². The van der Waals surface area contributed by atoms with Gasteiger partial charge in [-0.3, -0.25) is 14.7 Å². The highest BCUT2D eigenvalue weighted by molar-refractivity contribution is 7.22. The molecule has 0 radical (unpaired) electrons. The number of hydrogen-bond acceptors (Lipinski definition) is 5. The quantitative estimate of drug-likeness (QED) is 0.527. The van der Waals surface area contributed by atoms with Crippen molar-refractivity contribution in [1.29, 1.82) is 0 Å². The second kappa shape index (κ2) is 5.99. The average molecular weight is 351 g/mol. The molecule has 0 spiro atoms. The molecule has 2 amide bonds. The number of H-pyrrole nitrogens is 1. The van der Waals surface area contributed by atoms with Crippen molar-refractivity contribution in [3.8, 4) is 0 Å². The minimum atomic E-state index is -0.221. The summed E-state index contributed by atoms with van der Waals surface area (Å²) in [4.78, 5) is 28.0. The van der Waals surface area contributed by atoms with Gasteiger partial charge in [-0.2, -0.15) is 5.10 Å². The van der Waals surface area contributed by atoms with E-state index in [1.165, 1.54) is 18.3 Å². The third-order valence-corrected chi connectivity index (χ3v) is 4.58. The maximum absolute atomic E-state index is 12.6. The van der Waals surface area contributed by atoms with Crippen LogP contribution in [0.1, 0.15) is 17.3 Å². The van der Waals surface area contributed by atoms with Gasteiger partial charge in [0.05, 0.1) is 27.5 Å². The first-order chi connectivity index (χ1) is 12.1. The number of carbonyl (C=O) groups is 2. The van der Waals surface area contributed by atoms with Gasteiger partial charge in [-0.1, -0.05) is 23.5 Å². The number of aromatic nitrogens is 3. The molecule has 0 fully saturated rings. The van der Waals surface area contributed by atoms with Crippen LogP contribution < -0.4 is 10.6 Å². The van der Waals surface area contributed by atoms with E-state index in [1.807, 2.05) is 24.3 Å². The van der Waals surface area contributed by atoms with Crippen molar-refractivity contribution in [3.05, 3.63) is 48.2 Å². The van der Waals surface area contributed by atoms with Gasteiger partial charge in [-0.25, -0.2) is 4.98 Å². The molecule has 2 aromatic heterocycles. The number of benzene rings is 2. The fraction of sp³-hybridized carbons (Fsp3) is 0.0588. The lowest BCUT2D eigenvalue weighted by atomic mass is 10.1. The van der Waals surface area contributed by atoms with E-state index in [9.17, 15) is 9.59 Å². The van der Waals surface area contributed by atoms with Gasteiger partial charge in [-0.15, -0.1) is 0 Å². The molecule has 4 rings (SSSR count). The van der Waals surface area contributed by atoms with Crippen LogP contribution in [0.4, 0.5) is 10.8 Å². The third-order valence-electron chi connectivity index (χ3n) is 3.65. The Morgan fingerprint density at radius 3 is 2.88 bits per heavy atom. The lowest BCUT2D eigenvalue weighted by molar-refractivity contribution is -0.114. The van der Waals surface area contributed by atoms with Crippen molar-refractivity contribution in [2.45, 2.75) is 6.92 Å². The van der Waals surface area contributed by atoms with Crippen LogP contribution in [-0.2, 0) is 4.79 Å². The van der Waals surface area contributed by atoms with Crippen molar-refractivity contribution in [2.75, 3.05) is 10.6 Å².